The highest BCUT2D eigenvalue weighted by atomic mass is 16.4. The Hall–Kier alpha value is -1.49. The summed E-state index contributed by atoms with van der Waals surface area (Å²) in [5, 5.41) is 8.89. The lowest BCUT2D eigenvalue weighted by atomic mass is 10.1. The second-order valence-corrected chi connectivity index (χ2v) is 4.44. The van der Waals surface area contributed by atoms with Crippen molar-refractivity contribution in [1.82, 2.24) is 14.9 Å². The Labute approximate surface area is 100 Å². The quantitative estimate of drug-likeness (QED) is 0.856. The van der Waals surface area contributed by atoms with Gasteiger partial charge in [0.15, 0.2) is 0 Å². The van der Waals surface area contributed by atoms with Crippen LogP contribution in [0.2, 0.25) is 0 Å². The standard InChI is InChI=1S/C12H17N3O2/c1-9(11-8-13-4-5-14-11)15-6-2-3-10(15)7-12(16)17/h4-5,8-10H,2-3,6-7H2,1H3,(H,16,17). The smallest absolute Gasteiger partial charge is 0.304 e. The van der Waals surface area contributed by atoms with E-state index in [1.165, 1.54) is 0 Å². The molecule has 92 valence electrons. The van der Waals surface area contributed by atoms with Crippen molar-refractivity contribution in [3.63, 3.8) is 0 Å². The van der Waals surface area contributed by atoms with Crippen LogP contribution in [0, 0.1) is 0 Å². The first kappa shape index (κ1) is 12.0. The number of rotatable bonds is 4. The molecule has 1 aromatic rings. The van der Waals surface area contributed by atoms with Gasteiger partial charge in [0.1, 0.15) is 0 Å². The lowest BCUT2D eigenvalue weighted by Gasteiger charge is -2.29. The van der Waals surface area contributed by atoms with E-state index < -0.39 is 5.97 Å². The van der Waals surface area contributed by atoms with Crippen LogP contribution in [0.5, 0.6) is 0 Å². The lowest BCUT2D eigenvalue weighted by molar-refractivity contribution is -0.138. The lowest BCUT2D eigenvalue weighted by Crippen LogP contribution is -2.34. The van der Waals surface area contributed by atoms with Gasteiger partial charge in [0.25, 0.3) is 0 Å². The van der Waals surface area contributed by atoms with Crippen molar-refractivity contribution in [2.75, 3.05) is 6.54 Å². The summed E-state index contributed by atoms with van der Waals surface area (Å²) in [6.45, 7) is 3.00. The fourth-order valence-corrected chi connectivity index (χ4v) is 2.48. The maximum Gasteiger partial charge on any atom is 0.304 e. The fraction of sp³-hybridized carbons (Fsp3) is 0.583. The van der Waals surface area contributed by atoms with Crippen molar-refractivity contribution in [1.29, 1.82) is 0 Å². The fourth-order valence-electron chi connectivity index (χ4n) is 2.48. The molecule has 2 atom stereocenters. The third kappa shape index (κ3) is 2.79. The number of carbonyl (C=O) groups is 1. The molecule has 0 saturated carbocycles. The summed E-state index contributed by atoms with van der Waals surface area (Å²) >= 11 is 0. The maximum atomic E-state index is 10.8. The van der Waals surface area contributed by atoms with E-state index in [-0.39, 0.29) is 18.5 Å². The molecular formula is C12H17N3O2. The Bertz CT molecular complexity index is 383. The Morgan fingerprint density at radius 1 is 1.65 bits per heavy atom. The first-order valence-corrected chi connectivity index (χ1v) is 5.92. The molecule has 1 N–H and O–H groups in total. The summed E-state index contributed by atoms with van der Waals surface area (Å²) in [6.07, 6.45) is 7.30. The zero-order chi connectivity index (χ0) is 12.3. The zero-order valence-corrected chi connectivity index (χ0v) is 9.91. The van der Waals surface area contributed by atoms with Crippen molar-refractivity contribution in [3.05, 3.63) is 24.3 Å². The summed E-state index contributed by atoms with van der Waals surface area (Å²) in [5.74, 6) is -0.728. The summed E-state index contributed by atoms with van der Waals surface area (Å²) < 4.78 is 0. The third-order valence-electron chi connectivity index (χ3n) is 3.34. The van der Waals surface area contributed by atoms with Crippen LogP contribution in [-0.4, -0.2) is 38.5 Å². The minimum absolute atomic E-state index is 0.129. The largest absolute Gasteiger partial charge is 0.481 e. The molecule has 1 fully saturated rings. The van der Waals surface area contributed by atoms with E-state index in [2.05, 4.69) is 21.8 Å². The van der Waals surface area contributed by atoms with Crippen LogP contribution < -0.4 is 0 Å². The van der Waals surface area contributed by atoms with E-state index in [0.717, 1.165) is 25.1 Å². The molecule has 17 heavy (non-hydrogen) atoms. The van der Waals surface area contributed by atoms with Crippen LogP contribution in [0.25, 0.3) is 0 Å². The van der Waals surface area contributed by atoms with Gasteiger partial charge in [-0.15, -0.1) is 0 Å². The highest BCUT2D eigenvalue weighted by molar-refractivity contribution is 5.67. The Balaban J connectivity index is 2.08. The van der Waals surface area contributed by atoms with Gasteiger partial charge in [-0.1, -0.05) is 0 Å². The van der Waals surface area contributed by atoms with Crippen molar-refractivity contribution < 1.29 is 9.90 Å². The number of carboxylic acid groups (broad SMARTS) is 1. The summed E-state index contributed by atoms with van der Waals surface area (Å²) in [4.78, 5) is 21.4. The van der Waals surface area contributed by atoms with E-state index in [9.17, 15) is 4.79 Å². The minimum Gasteiger partial charge on any atom is -0.481 e. The van der Waals surface area contributed by atoms with Crippen molar-refractivity contribution in [2.24, 2.45) is 0 Å². The van der Waals surface area contributed by atoms with Gasteiger partial charge in [-0.3, -0.25) is 19.7 Å². The van der Waals surface area contributed by atoms with Crippen LogP contribution in [-0.2, 0) is 4.79 Å². The number of hydrogen-bond donors (Lipinski definition) is 1. The van der Waals surface area contributed by atoms with Crippen LogP contribution in [0.1, 0.15) is 37.9 Å². The Morgan fingerprint density at radius 3 is 3.12 bits per heavy atom. The van der Waals surface area contributed by atoms with Crippen LogP contribution in [0.15, 0.2) is 18.6 Å². The van der Waals surface area contributed by atoms with E-state index in [0.29, 0.717) is 0 Å². The Kier molecular flexibility index (Phi) is 3.68. The van der Waals surface area contributed by atoms with Crippen LogP contribution in [0.3, 0.4) is 0 Å². The van der Waals surface area contributed by atoms with Crippen molar-refractivity contribution in [3.8, 4) is 0 Å². The van der Waals surface area contributed by atoms with Crippen molar-refractivity contribution >= 4 is 5.97 Å². The average Bonchev–Trinajstić information content (AvgIpc) is 2.76. The molecule has 5 nitrogen and oxygen atoms in total. The molecule has 1 aliphatic heterocycles. The van der Waals surface area contributed by atoms with E-state index >= 15 is 0 Å². The molecule has 0 aromatic carbocycles. The normalized spacial score (nSPS) is 22.5. The Morgan fingerprint density at radius 2 is 2.47 bits per heavy atom. The second kappa shape index (κ2) is 5.23. The predicted molar refractivity (Wildman–Crippen MR) is 62.4 cm³/mol. The average molecular weight is 235 g/mol. The third-order valence-corrected chi connectivity index (χ3v) is 3.34. The molecule has 2 unspecified atom stereocenters. The molecule has 1 aliphatic rings. The molecule has 0 radical (unpaired) electrons. The first-order valence-electron chi connectivity index (χ1n) is 5.92. The minimum atomic E-state index is -0.728. The molecule has 0 amide bonds. The van der Waals surface area contributed by atoms with E-state index in [1.807, 2.05) is 0 Å². The summed E-state index contributed by atoms with van der Waals surface area (Å²) in [7, 11) is 0. The van der Waals surface area contributed by atoms with Gasteiger partial charge < -0.3 is 5.11 Å². The van der Waals surface area contributed by atoms with Crippen LogP contribution in [0.4, 0.5) is 0 Å². The predicted octanol–water partition coefficient (Wildman–Crippen LogP) is 1.48. The molecule has 5 heteroatoms. The number of aromatic nitrogens is 2. The van der Waals surface area contributed by atoms with Gasteiger partial charge in [-0.25, -0.2) is 0 Å². The highest BCUT2D eigenvalue weighted by Crippen LogP contribution is 2.29. The molecule has 2 heterocycles. The topological polar surface area (TPSA) is 66.3 Å². The van der Waals surface area contributed by atoms with Crippen LogP contribution >= 0.6 is 0 Å². The van der Waals surface area contributed by atoms with Gasteiger partial charge in [0.05, 0.1) is 18.2 Å². The summed E-state index contributed by atoms with van der Waals surface area (Å²) in [5.41, 5.74) is 0.907. The zero-order valence-electron chi connectivity index (χ0n) is 9.91. The molecule has 0 spiro atoms. The first-order chi connectivity index (χ1) is 8.18. The second-order valence-electron chi connectivity index (χ2n) is 4.44. The molecule has 2 rings (SSSR count). The molecular weight excluding hydrogens is 218 g/mol. The van der Waals surface area contributed by atoms with Gasteiger partial charge >= 0.3 is 5.97 Å². The molecule has 0 bridgehead atoms. The highest BCUT2D eigenvalue weighted by Gasteiger charge is 2.31. The van der Waals surface area contributed by atoms with Gasteiger partial charge in [0, 0.05) is 24.6 Å². The number of likely N-dealkylation sites (tertiary alicyclic amines) is 1. The van der Waals surface area contributed by atoms with E-state index in [1.54, 1.807) is 18.6 Å². The number of carboxylic acids is 1. The van der Waals surface area contributed by atoms with Gasteiger partial charge in [-0.2, -0.15) is 0 Å². The molecule has 1 saturated heterocycles. The molecule has 0 aliphatic carbocycles. The summed E-state index contributed by atoms with van der Waals surface area (Å²) in [6, 6.07) is 0.264. The number of nitrogens with zero attached hydrogens (tertiary/aromatic N) is 3. The number of hydrogen-bond acceptors (Lipinski definition) is 4. The van der Waals surface area contributed by atoms with Crippen molar-refractivity contribution in [2.45, 2.75) is 38.3 Å². The number of aliphatic carboxylic acids is 1. The monoisotopic (exact) mass is 235 g/mol. The molecule has 1 aromatic heterocycles. The van der Waals surface area contributed by atoms with E-state index in [4.69, 9.17) is 5.11 Å². The SMILES string of the molecule is CC(c1cnccn1)N1CCCC1CC(=O)O. The maximum absolute atomic E-state index is 10.8. The van der Waals surface area contributed by atoms with Gasteiger partial charge in [0.2, 0.25) is 0 Å². The van der Waals surface area contributed by atoms with Gasteiger partial charge in [-0.05, 0) is 26.3 Å².